The second-order valence-corrected chi connectivity index (χ2v) is 8.82. The number of hydrogen-bond acceptors (Lipinski definition) is 4. The first-order valence-electron chi connectivity index (χ1n) is 10.6. The fourth-order valence-corrected chi connectivity index (χ4v) is 3.18. The molecule has 0 bridgehead atoms. The first-order chi connectivity index (χ1) is 13.1. The van der Waals surface area contributed by atoms with Gasteiger partial charge in [-0.05, 0) is 40.0 Å². The van der Waals surface area contributed by atoms with Gasteiger partial charge in [-0.1, -0.05) is 26.7 Å². The summed E-state index contributed by atoms with van der Waals surface area (Å²) in [4.78, 5) is 29.9. The molecule has 1 saturated heterocycles. The summed E-state index contributed by atoms with van der Waals surface area (Å²) in [5.74, 6) is 0.944. The number of halogens is 1. The fourth-order valence-electron chi connectivity index (χ4n) is 3.18. The number of nitrogens with one attached hydrogen (secondary N) is 2. The van der Waals surface area contributed by atoms with Gasteiger partial charge in [-0.3, -0.25) is 14.6 Å². The van der Waals surface area contributed by atoms with Crippen LogP contribution in [0.2, 0.25) is 0 Å². The molecule has 29 heavy (non-hydrogen) atoms. The molecule has 0 spiro atoms. The first kappa shape index (κ1) is 27.9. The van der Waals surface area contributed by atoms with E-state index in [4.69, 9.17) is 4.74 Å². The van der Waals surface area contributed by atoms with Crippen molar-refractivity contribution in [2.45, 2.75) is 84.8 Å². The number of carbonyl (C=O) groups excluding carboxylic acids is 2. The molecule has 0 saturated carbocycles. The fraction of sp³-hybridized carbons (Fsp3) is 0.857. The molecule has 2 N–H and O–H groups in total. The van der Waals surface area contributed by atoms with E-state index in [-0.39, 0.29) is 47.8 Å². The Balaban J connectivity index is 0.00000784. The van der Waals surface area contributed by atoms with Gasteiger partial charge in [0.15, 0.2) is 5.96 Å². The highest BCUT2D eigenvalue weighted by Crippen LogP contribution is 2.13. The highest BCUT2D eigenvalue weighted by molar-refractivity contribution is 14.0. The molecule has 8 heteroatoms. The molecule has 0 aromatic rings. The lowest BCUT2D eigenvalue weighted by molar-refractivity contribution is -0.154. The zero-order valence-electron chi connectivity index (χ0n) is 19.0. The van der Waals surface area contributed by atoms with Crippen molar-refractivity contribution in [1.82, 2.24) is 15.5 Å². The highest BCUT2D eigenvalue weighted by atomic mass is 127. The molecule has 170 valence electrons. The summed E-state index contributed by atoms with van der Waals surface area (Å²) >= 11 is 0. The van der Waals surface area contributed by atoms with Gasteiger partial charge in [0, 0.05) is 45.1 Å². The van der Waals surface area contributed by atoms with Gasteiger partial charge in [0.05, 0.1) is 0 Å². The van der Waals surface area contributed by atoms with E-state index in [9.17, 15) is 9.59 Å². The molecule has 0 aliphatic carbocycles. The topological polar surface area (TPSA) is 83.0 Å². The van der Waals surface area contributed by atoms with Crippen molar-refractivity contribution in [3.63, 3.8) is 0 Å². The summed E-state index contributed by atoms with van der Waals surface area (Å²) in [5.41, 5.74) is -0.400. The summed E-state index contributed by atoms with van der Waals surface area (Å²) in [6, 6.07) is 0.253. The number of likely N-dealkylation sites (tertiary alicyclic amines) is 1. The van der Waals surface area contributed by atoms with Crippen molar-refractivity contribution in [2.24, 2.45) is 10.9 Å². The second kappa shape index (κ2) is 14.0. The Bertz CT molecular complexity index is 533. The van der Waals surface area contributed by atoms with Gasteiger partial charge >= 0.3 is 5.97 Å². The molecular formula is C21H41IN4O3. The normalized spacial score (nSPS) is 17.1. The minimum atomic E-state index is -0.400. The van der Waals surface area contributed by atoms with Crippen molar-refractivity contribution < 1.29 is 14.3 Å². The van der Waals surface area contributed by atoms with Gasteiger partial charge in [-0.25, -0.2) is 0 Å². The average molecular weight is 524 g/mol. The van der Waals surface area contributed by atoms with Crippen LogP contribution in [0.4, 0.5) is 0 Å². The van der Waals surface area contributed by atoms with Crippen LogP contribution >= 0.6 is 24.0 Å². The molecule has 0 aromatic heterocycles. The van der Waals surface area contributed by atoms with E-state index in [1.807, 2.05) is 39.5 Å². The van der Waals surface area contributed by atoms with Crippen molar-refractivity contribution in [3.8, 4) is 0 Å². The molecule has 1 unspecified atom stereocenters. The van der Waals surface area contributed by atoms with E-state index in [0.717, 1.165) is 57.7 Å². The number of amides is 1. The lowest BCUT2D eigenvalue weighted by atomic mass is 10.1. The number of nitrogens with zero attached hydrogens (tertiary/aromatic N) is 2. The van der Waals surface area contributed by atoms with Gasteiger partial charge in [0.25, 0.3) is 0 Å². The number of hydrogen-bond donors (Lipinski definition) is 2. The molecule has 1 fully saturated rings. The van der Waals surface area contributed by atoms with Crippen molar-refractivity contribution >= 4 is 41.8 Å². The predicted octanol–water partition coefficient (Wildman–Crippen LogP) is 3.32. The maximum absolute atomic E-state index is 12.1. The SMILES string of the molecule is CN=C(NCCCCCCC(=O)OC(C)(C)C)NC1CCN(C(=O)C(C)C)C1.I. The standard InChI is InChI=1S/C21H40N4O3.HI/c1-16(2)19(27)25-14-12-17(15-25)24-20(22-6)23-13-10-8-7-9-11-18(26)28-21(3,4)5;/h16-17H,7-15H2,1-6H3,(H2,22,23,24);1H. The minimum Gasteiger partial charge on any atom is -0.460 e. The first-order valence-corrected chi connectivity index (χ1v) is 10.6. The van der Waals surface area contributed by atoms with E-state index in [1.165, 1.54) is 0 Å². The van der Waals surface area contributed by atoms with Gasteiger partial charge in [-0.2, -0.15) is 0 Å². The summed E-state index contributed by atoms with van der Waals surface area (Å²) in [6.07, 6.45) is 5.40. The number of ether oxygens (including phenoxy) is 1. The average Bonchev–Trinajstić information content (AvgIpc) is 3.05. The quantitative estimate of drug-likeness (QED) is 0.159. The van der Waals surface area contributed by atoms with Crippen LogP contribution in [-0.4, -0.2) is 61.1 Å². The van der Waals surface area contributed by atoms with Crippen molar-refractivity contribution in [3.05, 3.63) is 0 Å². The minimum absolute atomic E-state index is 0. The molecule has 0 radical (unpaired) electrons. The molecule has 1 amide bonds. The Hall–Kier alpha value is -1.06. The Morgan fingerprint density at radius 2 is 1.83 bits per heavy atom. The molecule has 1 heterocycles. The summed E-state index contributed by atoms with van der Waals surface area (Å²) in [5, 5.41) is 6.75. The van der Waals surface area contributed by atoms with Crippen molar-refractivity contribution in [1.29, 1.82) is 0 Å². The third kappa shape index (κ3) is 12.3. The molecule has 1 atom stereocenters. The number of rotatable bonds is 9. The van der Waals surface area contributed by atoms with E-state index in [1.54, 1.807) is 7.05 Å². The molecular weight excluding hydrogens is 483 g/mol. The monoisotopic (exact) mass is 524 g/mol. The van der Waals surface area contributed by atoms with Crippen LogP contribution in [-0.2, 0) is 14.3 Å². The lowest BCUT2D eigenvalue weighted by Gasteiger charge is -2.20. The maximum Gasteiger partial charge on any atom is 0.306 e. The zero-order chi connectivity index (χ0) is 21.2. The lowest BCUT2D eigenvalue weighted by Crippen LogP contribution is -2.45. The molecule has 0 aromatic carbocycles. The van der Waals surface area contributed by atoms with Crippen molar-refractivity contribution in [2.75, 3.05) is 26.7 Å². The zero-order valence-corrected chi connectivity index (χ0v) is 21.4. The van der Waals surface area contributed by atoms with E-state index in [0.29, 0.717) is 6.42 Å². The Morgan fingerprint density at radius 3 is 2.41 bits per heavy atom. The van der Waals surface area contributed by atoms with Crippen LogP contribution in [0.5, 0.6) is 0 Å². The van der Waals surface area contributed by atoms with E-state index >= 15 is 0 Å². The number of unbranched alkanes of at least 4 members (excludes halogenated alkanes) is 3. The van der Waals surface area contributed by atoms with E-state index < -0.39 is 5.60 Å². The van der Waals surface area contributed by atoms with Gasteiger partial charge in [-0.15, -0.1) is 24.0 Å². The molecule has 1 aliphatic heterocycles. The Morgan fingerprint density at radius 1 is 1.17 bits per heavy atom. The second-order valence-electron chi connectivity index (χ2n) is 8.82. The van der Waals surface area contributed by atoms with Crippen LogP contribution in [0.15, 0.2) is 4.99 Å². The summed E-state index contributed by atoms with van der Waals surface area (Å²) in [6.45, 7) is 11.9. The van der Waals surface area contributed by atoms with Crippen LogP contribution in [0.25, 0.3) is 0 Å². The predicted molar refractivity (Wildman–Crippen MR) is 129 cm³/mol. The maximum atomic E-state index is 12.1. The third-order valence-electron chi connectivity index (χ3n) is 4.58. The van der Waals surface area contributed by atoms with Crippen LogP contribution < -0.4 is 10.6 Å². The molecule has 1 rings (SSSR count). The molecule has 7 nitrogen and oxygen atoms in total. The van der Waals surface area contributed by atoms with E-state index in [2.05, 4.69) is 15.6 Å². The largest absolute Gasteiger partial charge is 0.460 e. The van der Waals surface area contributed by atoms with Gasteiger partial charge < -0.3 is 20.3 Å². The smallest absolute Gasteiger partial charge is 0.306 e. The Kier molecular flexibility index (Phi) is 13.5. The summed E-state index contributed by atoms with van der Waals surface area (Å²) < 4.78 is 5.31. The van der Waals surface area contributed by atoms with Crippen LogP contribution in [0, 0.1) is 5.92 Å². The third-order valence-corrected chi connectivity index (χ3v) is 4.58. The highest BCUT2D eigenvalue weighted by Gasteiger charge is 2.27. The number of aliphatic imine (C=N–C) groups is 1. The molecule has 1 aliphatic rings. The van der Waals surface area contributed by atoms with Crippen LogP contribution in [0.1, 0.15) is 73.1 Å². The van der Waals surface area contributed by atoms with Crippen LogP contribution in [0.3, 0.4) is 0 Å². The summed E-state index contributed by atoms with van der Waals surface area (Å²) in [7, 11) is 1.77. The number of carbonyl (C=O) groups is 2. The van der Waals surface area contributed by atoms with Gasteiger partial charge in [0.2, 0.25) is 5.91 Å². The number of esters is 1. The number of guanidine groups is 1. The van der Waals surface area contributed by atoms with Gasteiger partial charge in [0.1, 0.15) is 5.60 Å². The Labute approximate surface area is 193 Å².